The highest BCUT2D eigenvalue weighted by Crippen LogP contribution is 2.40. The fourth-order valence-corrected chi connectivity index (χ4v) is 4.10. The average molecular weight is 462 g/mol. The number of rotatable bonds is 6. The number of benzene rings is 1. The third-order valence-corrected chi connectivity index (χ3v) is 6.30. The summed E-state index contributed by atoms with van der Waals surface area (Å²) in [5, 5.41) is 16.8. The molecule has 2 aromatic heterocycles. The van der Waals surface area contributed by atoms with Crippen LogP contribution in [0.2, 0.25) is 0 Å². The van der Waals surface area contributed by atoms with Crippen LogP contribution in [0.15, 0.2) is 24.4 Å². The Balaban J connectivity index is 1.44. The summed E-state index contributed by atoms with van der Waals surface area (Å²) < 4.78 is 11.1. The molecule has 0 radical (unpaired) electrons. The maximum atomic E-state index is 13.0. The predicted octanol–water partition coefficient (Wildman–Crippen LogP) is 3.41. The molecule has 2 aliphatic rings. The smallest absolute Gasteiger partial charge is 0.254 e. The van der Waals surface area contributed by atoms with Gasteiger partial charge in [-0.1, -0.05) is 0 Å². The Kier molecular flexibility index (Phi) is 5.49. The van der Waals surface area contributed by atoms with Crippen LogP contribution < -0.4 is 15.4 Å². The van der Waals surface area contributed by atoms with E-state index in [0.29, 0.717) is 65.1 Å². The molecule has 1 aromatic carbocycles. The third-order valence-electron chi connectivity index (χ3n) is 6.30. The molecule has 1 saturated heterocycles. The lowest BCUT2D eigenvalue weighted by Gasteiger charge is -2.31. The number of carbonyl (C=O) groups excluding carboxylic acids is 1. The number of hydrogen-bond donors (Lipinski definition) is 3. The van der Waals surface area contributed by atoms with Crippen molar-refractivity contribution in [3.63, 3.8) is 0 Å². The standard InChI is InChI=1S/C24H27N7O3/c1-14-13-31(8-9-34-14)22(32)15-4-5-17(18(10-15)33-3)27-23-28-20-19(16(11-25)12-26-20)21(29-23)30-24(2)6-7-24/h4-5,10,12,14H,6-9,13H2,1-3H3,(H3,26,27,28,29,30)/t14-/m0/s1. The lowest BCUT2D eigenvalue weighted by molar-refractivity contribution is -0.0124. The minimum absolute atomic E-state index is 0.0165. The van der Waals surface area contributed by atoms with Gasteiger partial charge in [0.05, 0.1) is 36.5 Å². The van der Waals surface area contributed by atoms with Gasteiger partial charge in [0, 0.05) is 30.4 Å². The lowest BCUT2D eigenvalue weighted by Crippen LogP contribution is -2.44. The third kappa shape index (κ3) is 4.22. The second-order valence-corrected chi connectivity index (χ2v) is 9.09. The fourth-order valence-electron chi connectivity index (χ4n) is 4.10. The Morgan fingerprint density at radius 3 is 2.91 bits per heavy atom. The van der Waals surface area contributed by atoms with Crippen LogP contribution in [-0.4, -0.2) is 64.2 Å². The minimum Gasteiger partial charge on any atom is -0.495 e. The van der Waals surface area contributed by atoms with Crippen molar-refractivity contribution in [1.82, 2.24) is 19.9 Å². The molecule has 1 saturated carbocycles. The van der Waals surface area contributed by atoms with E-state index >= 15 is 0 Å². The number of anilines is 3. The van der Waals surface area contributed by atoms with Gasteiger partial charge >= 0.3 is 0 Å². The molecule has 0 bridgehead atoms. The molecule has 1 aliphatic heterocycles. The number of nitrogens with zero attached hydrogens (tertiary/aromatic N) is 4. The van der Waals surface area contributed by atoms with Crippen LogP contribution in [0.5, 0.6) is 5.75 Å². The molecule has 34 heavy (non-hydrogen) atoms. The molecule has 2 fully saturated rings. The van der Waals surface area contributed by atoms with Crippen LogP contribution in [0.4, 0.5) is 17.5 Å². The van der Waals surface area contributed by atoms with Gasteiger partial charge in [0.1, 0.15) is 23.3 Å². The van der Waals surface area contributed by atoms with Gasteiger partial charge in [-0.25, -0.2) is 0 Å². The Morgan fingerprint density at radius 1 is 1.38 bits per heavy atom. The summed E-state index contributed by atoms with van der Waals surface area (Å²) in [5.41, 5.74) is 2.20. The van der Waals surface area contributed by atoms with Gasteiger partial charge in [-0.15, -0.1) is 0 Å². The van der Waals surface area contributed by atoms with Gasteiger partial charge < -0.3 is 30.0 Å². The summed E-state index contributed by atoms with van der Waals surface area (Å²) in [5.74, 6) is 1.41. The molecule has 3 N–H and O–H groups in total. The first kappa shape index (κ1) is 22.0. The molecule has 176 valence electrons. The molecular weight excluding hydrogens is 434 g/mol. The van der Waals surface area contributed by atoms with Crippen molar-refractivity contribution in [2.75, 3.05) is 37.4 Å². The van der Waals surface area contributed by atoms with E-state index in [1.54, 1.807) is 36.4 Å². The SMILES string of the molecule is COc1cc(C(=O)N2CCO[C@@H](C)C2)ccc1Nc1nc(NC2(C)CC2)c2c(C#N)c[nH]c2n1. The van der Waals surface area contributed by atoms with Crippen LogP contribution in [0.1, 0.15) is 42.6 Å². The van der Waals surface area contributed by atoms with Crippen molar-refractivity contribution in [2.45, 2.75) is 38.3 Å². The van der Waals surface area contributed by atoms with E-state index in [4.69, 9.17) is 9.47 Å². The van der Waals surface area contributed by atoms with Crippen molar-refractivity contribution in [3.8, 4) is 11.8 Å². The number of amides is 1. The molecule has 3 heterocycles. The summed E-state index contributed by atoms with van der Waals surface area (Å²) in [7, 11) is 1.56. The van der Waals surface area contributed by atoms with E-state index in [0.717, 1.165) is 12.8 Å². The zero-order valence-corrected chi connectivity index (χ0v) is 19.4. The zero-order chi connectivity index (χ0) is 23.9. The van der Waals surface area contributed by atoms with Gasteiger partial charge in [0.15, 0.2) is 0 Å². The lowest BCUT2D eigenvalue weighted by atomic mass is 10.1. The zero-order valence-electron chi connectivity index (χ0n) is 19.4. The van der Waals surface area contributed by atoms with Crippen molar-refractivity contribution in [3.05, 3.63) is 35.5 Å². The number of carbonyl (C=O) groups is 1. The summed E-state index contributed by atoms with van der Waals surface area (Å²) >= 11 is 0. The van der Waals surface area contributed by atoms with Gasteiger partial charge in [0.25, 0.3) is 5.91 Å². The van der Waals surface area contributed by atoms with Crippen LogP contribution in [0, 0.1) is 11.3 Å². The van der Waals surface area contributed by atoms with Gasteiger partial charge in [-0.3, -0.25) is 4.79 Å². The van der Waals surface area contributed by atoms with Gasteiger partial charge in [-0.2, -0.15) is 15.2 Å². The molecule has 0 unspecified atom stereocenters. The molecular formula is C24H27N7O3. The Morgan fingerprint density at radius 2 is 2.21 bits per heavy atom. The van der Waals surface area contributed by atoms with Crippen molar-refractivity contribution < 1.29 is 14.3 Å². The molecule has 10 nitrogen and oxygen atoms in total. The number of hydrogen-bond acceptors (Lipinski definition) is 8. The van der Waals surface area contributed by atoms with E-state index in [2.05, 4.69) is 38.6 Å². The van der Waals surface area contributed by atoms with E-state index in [-0.39, 0.29) is 17.6 Å². The number of nitriles is 1. The summed E-state index contributed by atoms with van der Waals surface area (Å²) in [6.07, 6.45) is 3.73. The largest absolute Gasteiger partial charge is 0.495 e. The van der Waals surface area contributed by atoms with Gasteiger partial charge in [0.2, 0.25) is 5.95 Å². The van der Waals surface area contributed by atoms with E-state index < -0.39 is 0 Å². The number of morpholine rings is 1. The Labute approximate surface area is 197 Å². The number of aromatic amines is 1. The van der Waals surface area contributed by atoms with Crippen LogP contribution in [0.3, 0.4) is 0 Å². The quantitative estimate of drug-likeness (QED) is 0.509. The Hall–Kier alpha value is -3.84. The predicted molar refractivity (Wildman–Crippen MR) is 127 cm³/mol. The normalized spacial score (nSPS) is 18.9. The van der Waals surface area contributed by atoms with Crippen LogP contribution in [0.25, 0.3) is 11.0 Å². The highest BCUT2D eigenvalue weighted by molar-refractivity contribution is 5.96. The monoisotopic (exact) mass is 461 g/mol. The topological polar surface area (TPSA) is 128 Å². The number of nitrogens with one attached hydrogen (secondary N) is 3. The Bertz CT molecular complexity index is 1290. The number of aromatic nitrogens is 3. The minimum atomic E-state index is -0.0581. The van der Waals surface area contributed by atoms with Gasteiger partial charge in [-0.05, 0) is 44.9 Å². The molecule has 1 amide bonds. The molecule has 3 aromatic rings. The summed E-state index contributed by atoms with van der Waals surface area (Å²) in [6, 6.07) is 7.46. The van der Waals surface area contributed by atoms with Crippen molar-refractivity contribution in [1.29, 1.82) is 5.26 Å². The highest BCUT2D eigenvalue weighted by Gasteiger charge is 2.38. The van der Waals surface area contributed by atoms with E-state index in [9.17, 15) is 10.1 Å². The summed E-state index contributed by atoms with van der Waals surface area (Å²) in [4.78, 5) is 27.0. The van der Waals surface area contributed by atoms with E-state index in [1.165, 1.54) is 0 Å². The first-order valence-corrected chi connectivity index (χ1v) is 11.3. The van der Waals surface area contributed by atoms with Crippen LogP contribution >= 0.6 is 0 Å². The summed E-state index contributed by atoms with van der Waals surface area (Å²) in [6.45, 7) is 5.74. The molecule has 10 heteroatoms. The number of fused-ring (bicyclic) bond motifs is 1. The molecule has 1 atom stereocenters. The average Bonchev–Trinajstić information content (AvgIpc) is 3.40. The van der Waals surface area contributed by atoms with Crippen molar-refractivity contribution >= 4 is 34.4 Å². The first-order valence-electron chi connectivity index (χ1n) is 11.3. The highest BCUT2D eigenvalue weighted by atomic mass is 16.5. The fraction of sp³-hybridized carbons (Fsp3) is 0.417. The molecule has 0 spiro atoms. The second kappa shape index (κ2) is 8.50. The number of ether oxygens (including phenoxy) is 2. The number of methoxy groups -OCH3 is 1. The van der Waals surface area contributed by atoms with Crippen LogP contribution in [-0.2, 0) is 4.74 Å². The van der Waals surface area contributed by atoms with Crippen molar-refractivity contribution in [2.24, 2.45) is 0 Å². The molecule has 5 rings (SSSR count). The second-order valence-electron chi connectivity index (χ2n) is 9.09. The van der Waals surface area contributed by atoms with E-state index in [1.807, 2.05) is 6.92 Å². The maximum absolute atomic E-state index is 13.0. The number of H-pyrrole nitrogens is 1. The first-order chi connectivity index (χ1) is 16.4. The maximum Gasteiger partial charge on any atom is 0.254 e. The molecule has 1 aliphatic carbocycles.